The smallest absolute Gasteiger partial charge is 0.367 e. The van der Waals surface area contributed by atoms with Crippen LogP contribution in [0.15, 0.2) is 24.3 Å². The average molecular weight is 216 g/mol. The van der Waals surface area contributed by atoms with Crippen LogP contribution in [-0.2, 0) is 9.09 Å². The largest absolute Gasteiger partial charge is 0.527 e. The molecule has 1 aromatic rings. The van der Waals surface area contributed by atoms with E-state index in [1.807, 2.05) is 0 Å². The van der Waals surface area contributed by atoms with Gasteiger partial charge in [0, 0.05) is 0 Å². The van der Waals surface area contributed by atoms with E-state index in [0.717, 1.165) is 0 Å². The highest BCUT2D eigenvalue weighted by molar-refractivity contribution is 7.46. The third kappa shape index (κ3) is 2.96. The van der Waals surface area contributed by atoms with Crippen LogP contribution >= 0.6 is 7.82 Å². The average Bonchev–Trinajstić information content (AvgIpc) is 2.01. The molecule has 0 bridgehead atoms. The molecule has 0 unspecified atom stereocenters. The molecule has 1 rings (SSSR count). The molecule has 0 fully saturated rings. The van der Waals surface area contributed by atoms with E-state index < -0.39 is 13.8 Å². The number of benzene rings is 1. The Morgan fingerprint density at radius 2 is 1.93 bits per heavy atom. The van der Waals surface area contributed by atoms with Crippen LogP contribution in [0.5, 0.6) is 0 Å². The topological polar surface area (TPSA) is 83.8 Å². The third-order valence-electron chi connectivity index (χ3n) is 1.57. The molecule has 2 N–H and O–H groups in total. The minimum atomic E-state index is -4.76. The molecule has 0 heterocycles. The Labute approximate surface area is 80.6 Å². The van der Waals surface area contributed by atoms with Gasteiger partial charge in [0.25, 0.3) is 0 Å². The molecule has 0 amide bonds. The molecule has 0 saturated carbocycles. The molecule has 0 spiro atoms. The van der Waals surface area contributed by atoms with Gasteiger partial charge in [-0.15, -0.1) is 0 Å². The van der Waals surface area contributed by atoms with Crippen LogP contribution < -0.4 is 0 Å². The van der Waals surface area contributed by atoms with E-state index >= 15 is 0 Å². The zero-order chi connectivity index (χ0) is 10.8. The van der Waals surface area contributed by atoms with Crippen molar-refractivity contribution in [2.75, 3.05) is 0 Å². The first-order chi connectivity index (χ1) is 6.40. The van der Waals surface area contributed by atoms with Crippen molar-refractivity contribution in [3.8, 4) is 0 Å². The first kappa shape index (κ1) is 10.9. The Kier molecular flexibility index (Phi) is 3.06. The molecule has 5 nitrogen and oxygen atoms in total. The lowest BCUT2D eigenvalue weighted by Crippen LogP contribution is -2.04. The van der Waals surface area contributed by atoms with Gasteiger partial charge in [-0.1, -0.05) is 18.2 Å². The number of rotatable bonds is 2. The van der Waals surface area contributed by atoms with E-state index in [4.69, 9.17) is 9.79 Å². The van der Waals surface area contributed by atoms with Gasteiger partial charge >= 0.3 is 13.8 Å². The van der Waals surface area contributed by atoms with Gasteiger partial charge in [0.2, 0.25) is 0 Å². The van der Waals surface area contributed by atoms with Crippen molar-refractivity contribution in [2.24, 2.45) is 0 Å². The number of carbonyl (C=O) groups excluding carboxylic acids is 1. The van der Waals surface area contributed by atoms with E-state index in [1.165, 1.54) is 6.07 Å². The summed E-state index contributed by atoms with van der Waals surface area (Å²) in [6.45, 7) is 1.65. The predicted molar refractivity (Wildman–Crippen MR) is 48.6 cm³/mol. The first-order valence-electron chi connectivity index (χ1n) is 3.75. The van der Waals surface area contributed by atoms with Crippen LogP contribution in [0.25, 0.3) is 0 Å². The maximum atomic E-state index is 11.2. The summed E-state index contributed by atoms with van der Waals surface area (Å²) in [6, 6.07) is 6.39. The summed E-state index contributed by atoms with van der Waals surface area (Å²) in [7, 11) is -4.76. The summed E-state index contributed by atoms with van der Waals surface area (Å²) in [6.07, 6.45) is 0. The summed E-state index contributed by atoms with van der Waals surface area (Å²) in [4.78, 5) is 28.0. The molecule has 0 aliphatic heterocycles. The van der Waals surface area contributed by atoms with E-state index in [1.54, 1.807) is 25.1 Å². The first-order valence-corrected chi connectivity index (χ1v) is 5.28. The van der Waals surface area contributed by atoms with Gasteiger partial charge in [-0.25, -0.2) is 9.36 Å². The number of phosphoric acid groups is 1. The van der Waals surface area contributed by atoms with Crippen LogP contribution in [0.4, 0.5) is 0 Å². The SMILES string of the molecule is Cc1ccccc1C(=O)OP(=O)(O)O. The van der Waals surface area contributed by atoms with Gasteiger partial charge in [-0.2, -0.15) is 0 Å². The minimum absolute atomic E-state index is 0.149. The Balaban J connectivity index is 2.91. The third-order valence-corrected chi connectivity index (χ3v) is 1.97. The lowest BCUT2D eigenvalue weighted by Gasteiger charge is -2.06. The number of phosphoric ester groups is 1. The summed E-state index contributed by atoms with van der Waals surface area (Å²) >= 11 is 0. The van der Waals surface area contributed by atoms with Crippen LogP contribution in [0.2, 0.25) is 0 Å². The van der Waals surface area contributed by atoms with Crippen LogP contribution in [-0.4, -0.2) is 15.8 Å². The highest BCUT2D eigenvalue weighted by Crippen LogP contribution is 2.37. The number of hydrogen-bond donors (Lipinski definition) is 2. The minimum Gasteiger partial charge on any atom is -0.367 e. The second-order valence-corrected chi connectivity index (χ2v) is 3.85. The second kappa shape index (κ2) is 3.92. The van der Waals surface area contributed by atoms with E-state index in [9.17, 15) is 9.36 Å². The molecule has 14 heavy (non-hydrogen) atoms. The molecule has 0 radical (unpaired) electrons. The van der Waals surface area contributed by atoms with E-state index in [0.29, 0.717) is 5.56 Å². The summed E-state index contributed by atoms with van der Waals surface area (Å²) in [5, 5.41) is 0. The molecule has 0 atom stereocenters. The van der Waals surface area contributed by atoms with Crippen molar-refractivity contribution in [2.45, 2.75) is 6.92 Å². The van der Waals surface area contributed by atoms with E-state index in [-0.39, 0.29) is 5.56 Å². The quantitative estimate of drug-likeness (QED) is 0.726. The Morgan fingerprint density at radius 3 is 2.43 bits per heavy atom. The molecular formula is C8H9O5P. The van der Waals surface area contributed by atoms with Crippen molar-refractivity contribution in [3.05, 3.63) is 35.4 Å². The van der Waals surface area contributed by atoms with Crippen molar-refractivity contribution in [3.63, 3.8) is 0 Å². The molecule has 0 aromatic heterocycles. The molecule has 76 valence electrons. The Hall–Kier alpha value is -1.16. The highest BCUT2D eigenvalue weighted by Gasteiger charge is 2.22. The highest BCUT2D eigenvalue weighted by atomic mass is 31.2. The Bertz CT molecular complexity index is 394. The van der Waals surface area contributed by atoms with Crippen molar-refractivity contribution >= 4 is 13.8 Å². The molecular weight excluding hydrogens is 207 g/mol. The van der Waals surface area contributed by atoms with Gasteiger partial charge < -0.3 is 4.52 Å². The molecule has 6 heteroatoms. The van der Waals surface area contributed by atoms with Gasteiger partial charge in [0.15, 0.2) is 0 Å². The monoisotopic (exact) mass is 216 g/mol. The van der Waals surface area contributed by atoms with Crippen LogP contribution in [0.1, 0.15) is 15.9 Å². The molecule has 0 aliphatic carbocycles. The number of hydrogen-bond acceptors (Lipinski definition) is 3. The normalized spacial score (nSPS) is 11.1. The van der Waals surface area contributed by atoms with Crippen molar-refractivity contribution in [1.29, 1.82) is 0 Å². The maximum absolute atomic E-state index is 11.2. The fourth-order valence-electron chi connectivity index (χ4n) is 0.959. The predicted octanol–water partition coefficient (Wildman–Crippen LogP) is 1.24. The number of aryl methyl sites for hydroxylation is 1. The summed E-state index contributed by atoms with van der Waals surface area (Å²) in [5.74, 6) is -1.02. The van der Waals surface area contributed by atoms with Crippen LogP contribution in [0, 0.1) is 6.92 Å². The zero-order valence-corrected chi connectivity index (χ0v) is 8.27. The number of carbonyl (C=O) groups is 1. The molecule has 1 aromatic carbocycles. The molecule has 0 saturated heterocycles. The summed E-state index contributed by atoms with van der Waals surface area (Å²) < 4.78 is 14.3. The standard InChI is InChI=1S/C8H9O5P/c1-6-4-2-3-5-7(6)8(9)13-14(10,11)12/h2-5H,1H3,(H2,10,11,12). The zero-order valence-electron chi connectivity index (χ0n) is 7.38. The van der Waals surface area contributed by atoms with Crippen molar-refractivity contribution in [1.82, 2.24) is 0 Å². The van der Waals surface area contributed by atoms with Gasteiger partial charge in [-0.05, 0) is 18.6 Å². The molecule has 0 aliphatic rings. The fraction of sp³-hybridized carbons (Fsp3) is 0.125. The fourth-order valence-corrected chi connectivity index (χ4v) is 1.27. The van der Waals surface area contributed by atoms with Gasteiger partial charge in [0.05, 0.1) is 5.56 Å². The lowest BCUT2D eigenvalue weighted by atomic mass is 10.1. The van der Waals surface area contributed by atoms with Gasteiger partial charge in [0.1, 0.15) is 0 Å². The summed E-state index contributed by atoms with van der Waals surface area (Å²) in [5.41, 5.74) is 0.752. The van der Waals surface area contributed by atoms with E-state index in [2.05, 4.69) is 4.52 Å². The second-order valence-electron chi connectivity index (χ2n) is 2.68. The lowest BCUT2D eigenvalue weighted by molar-refractivity contribution is 0.0677. The van der Waals surface area contributed by atoms with Crippen molar-refractivity contribution < 1.29 is 23.7 Å². The van der Waals surface area contributed by atoms with Crippen LogP contribution in [0.3, 0.4) is 0 Å². The maximum Gasteiger partial charge on any atom is 0.527 e. The van der Waals surface area contributed by atoms with Gasteiger partial charge in [-0.3, -0.25) is 9.79 Å². The Morgan fingerprint density at radius 1 is 1.36 bits per heavy atom.